The highest BCUT2D eigenvalue weighted by Gasteiger charge is 2.15. The monoisotopic (exact) mass is 369 g/mol. The number of aromatic nitrogens is 5. The summed E-state index contributed by atoms with van der Waals surface area (Å²) in [5.74, 6) is 2.60. The summed E-state index contributed by atoms with van der Waals surface area (Å²) >= 11 is 3.14. The molecule has 8 heteroatoms. The minimum absolute atomic E-state index is 0.552. The average Bonchev–Trinajstić information content (AvgIpc) is 3.35. The van der Waals surface area contributed by atoms with Crippen molar-refractivity contribution >= 4 is 23.1 Å². The molecule has 0 N–H and O–H groups in total. The number of thioether (sulfide) groups is 1. The van der Waals surface area contributed by atoms with Gasteiger partial charge in [0, 0.05) is 23.6 Å². The molecule has 0 amide bonds. The maximum Gasteiger partial charge on any atom is 0.237 e. The van der Waals surface area contributed by atoms with E-state index in [9.17, 15) is 0 Å². The van der Waals surface area contributed by atoms with Gasteiger partial charge in [-0.2, -0.15) is 16.3 Å². The first-order valence-electron chi connectivity index (χ1n) is 7.65. The van der Waals surface area contributed by atoms with Crippen molar-refractivity contribution in [1.82, 2.24) is 24.9 Å². The van der Waals surface area contributed by atoms with Crippen LogP contribution in [0.4, 0.5) is 0 Å². The second-order valence-corrected chi connectivity index (χ2v) is 7.22. The van der Waals surface area contributed by atoms with Crippen LogP contribution in [0, 0.1) is 6.92 Å². The second kappa shape index (κ2) is 6.81. The molecular formula is C17H15N5OS2. The second-order valence-electron chi connectivity index (χ2n) is 5.49. The van der Waals surface area contributed by atoms with Crippen molar-refractivity contribution < 1.29 is 4.52 Å². The van der Waals surface area contributed by atoms with E-state index in [4.69, 9.17) is 4.52 Å². The normalized spacial score (nSPS) is 11.1. The first-order valence-corrected chi connectivity index (χ1v) is 9.58. The maximum atomic E-state index is 5.33. The van der Waals surface area contributed by atoms with Crippen LogP contribution < -0.4 is 0 Å². The van der Waals surface area contributed by atoms with Gasteiger partial charge in [0.1, 0.15) is 0 Å². The molecule has 0 fully saturated rings. The van der Waals surface area contributed by atoms with Crippen molar-refractivity contribution in [1.29, 1.82) is 0 Å². The van der Waals surface area contributed by atoms with Gasteiger partial charge in [0.05, 0.1) is 5.75 Å². The predicted molar refractivity (Wildman–Crippen MR) is 98.3 cm³/mol. The standard InChI is InChI=1S/C17H15N5OS2/c1-11-5-3-4-6-13(11)16-19-20-17(22(16)2)25-10-14-18-15(21-23-14)12-7-8-24-9-12/h3-9H,10H2,1-2H3. The summed E-state index contributed by atoms with van der Waals surface area (Å²) in [6.45, 7) is 2.07. The lowest BCUT2D eigenvalue weighted by Gasteiger charge is -2.05. The Balaban J connectivity index is 1.50. The minimum atomic E-state index is 0.552. The quantitative estimate of drug-likeness (QED) is 0.491. The van der Waals surface area contributed by atoms with Crippen LogP contribution in [0.1, 0.15) is 11.5 Å². The Kier molecular flexibility index (Phi) is 4.37. The molecule has 0 unspecified atom stereocenters. The molecule has 0 bridgehead atoms. The Hall–Kier alpha value is -2.45. The third kappa shape index (κ3) is 3.22. The van der Waals surface area contributed by atoms with Crippen LogP contribution in [0.25, 0.3) is 22.8 Å². The number of hydrogen-bond donors (Lipinski definition) is 0. The summed E-state index contributed by atoms with van der Waals surface area (Å²) in [6.07, 6.45) is 0. The van der Waals surface area contributed by atoms with E-state index in [1.807, 2.05) is 40.6 Å². The molecule has 4 aromatic rings. The highest BCUT2D eigenvalue weighted by Crippen LogP contribution is 2.27. The Bertz CT molecular complexity index is 990. The Morgan fingerprint density at radius 3 is 2.88 bits per heavy atom. The van der Waals surface area contributed by atoms with Crippen molar-refractivity contribution in [2.75, 3.05) is 0 Å². The molecule has 126 valence electrons. The molecule has 0 radical (unpaired) electrons. The van der Waals surface area contributed by atoms with Gasteiger partial charge in [-0.05, 0) is 23.9 Å². The number of thiophene rings is 1. The molecule has 4 rings (SSSR count). The zero-order valence-electron chi connectivity index (χ0n) is 13.7. The van der Waals surface area contributed by atoms with E-state index in [-0.39, 0.29) is 0 Å². The Morgan fingerprint density at radius 2 is 2.08 bits per heavy atom. The van der Waals surface area contributed by atoms with Crippen LogP contribution >= 0.6 is 23.1 Å². The van der Waals surface area contributed by atoms with E-state index >= 15 is 0 Å². The molecule has 0 saturated carbocycles. The first-order chi connectivity index (χ1) is 12.2. The summed E-state index contributed by atoms with van der Waals surface area (Å²) in [7, 11) is 1.97. The van der Waals surface area contributed by atoms with Gasteiger partial charge in [0.25, 0.3) is 0 Å². The van der Waals surface area contributed by atoms with Gasteiger partial charge in [-0.3, -0.25) is 0 Å². The van der Waals surface area contributed by atoms with Crippen molar-refractivity contribution in [2.24, 2.45) is 7.05 Å². The third-order valence-corrected chi connectivity index (χ3v) is 5.48. The largest absolute Gasteiger partial charge is 0.338 e. The predicted octanol–water partition coefficient (Wildman–Crippen LogP) is 4.19. The molecule has 6 nitrogen and oxygen atoms in total. The van der Waals surface area contributed by atoms with Gasteiger partial charge in [-0.1, -0.05) is 41.2 Å². The van der Waals surface area contributed by atoms with Gasteiger partial charge in [0.2, 0.25) is 11.7 Å². The van der Waals surface area contributed by atoms with Crippen LogP contribution in [0.15, 0.2) is 50.8 Å². The number of hydrogen-bond acceptors (Lipinski definition) is 7. The summed E-state index contributed by atoms with van der Waals surface area (Å²) in [5, 5.41) is 17.5. The average molecular weight is 369 g/mol. The van der Waals surface area contributed by atoms with Crippen molar-refractivity contribution in [3.8, 4) is 22.8 Å². The summed E-state index contributed by atoms with van der Waals surface area (Å²) in [5.41, 5.74) is 3.24. The van der Waals surface area contributed by atoms with Crippen molar-refractivity contribution in [3.63, 3.8) is 0 Å². The molecule has 0 aliphatic rings. The fourth-order valence-corrected chi connectivity index (χ4v) is 3.83. The third-order valence-electron chi connectivity index (χ3n) is 3.79. The topological polar surface area (TPSA) is 69.6 Å². The summed E-state index contributed by atoms with van der Waals surface area (Å²) in [6, 6.07) is 10.1. The molecule has 0 spiro atoms. The van der Waals surface area contributed by atoms with Gasteiger partial charge in [-0.15, -0.1) is 10.2 Å². The number of nitrogens with zero attached hydrogens (tertiary/aromatic N) is 5. The van der Waals surface area contributed by atoms with E-state index in [1.54, 1.807) is 11.3 Å². The molecule has 1 aromatic carbocycles. The van der Waals surface area contributed by atoms with Crippen molar-refractivity contribution in [2.45, 2.75) is 17.8 Å². The lowest BCUT2D eigenvalue weighted by Crippen LogP contribution is -1.96. The zero-order chi connectivity index (χ0) is 17.2. The van der Waals surface area contributed by atoms with Crippen LogP contribution in [0.5, 0.6) is 0 Å². The lowest BCUT2D eigenvalue weighted by molar-refractivity contribution is 0.391. The Morgan fingerprint density at radius 1 is 1.20 bits per heavy atom. The highest BCUT2D eigenvalue weighted by atomic mass is 32.2. The SMILES string of the molecule is Cc1ccccc1-c1nnc(SCc2nc(-c3ccsc3)no2)n1C. The van der Waals surface area contributed by atoms with Gasteiger partial charge in [0.15, 0.2) is 11.0 Å². The highest BCUT2D eigenvalue weighted by molar-refractivity contribution is 7.98. The van der Waals surface area contributed by atoms with Crippen LogP contribution in [0.3, 0.4) is 0 Å². The molecular weight excluding hydrogens is 354 g/mol. The molecule has 25 heavy (non-hydrogen) atoms. The van der Waals surface area contributed by atoms with Gasteiger partial charge in [-0.25, -0.2) is 0 Å². The molecule has 0 aliphatic carbocycles. The fourth-order valence-electron chi connectivity index (χ4n) is 2.45. The van der Waals surface area contributed by atoms with Crippen molar-refractivity contribution in [3.05, 3.63) is 52.5 Å². The first kappa shape index (κ1) is 16.0. The van der Waals surface area contributed by atoms with E-state index < -0.39 is 0 Å². The summed E-state index contributed by atoms with van der Waals surface area (Å²) < 4.78 is 7.32. The Labute approximate surface area is 152 Å². The maximum absolute atomic E-state index is 5.33. The molecule has 0 aliphatic heterocycles. The minimum Gasteiger partial charge on any atom is -0.338 e. The molecule has 3 heterocycles. The van der Waals surface area contributed by atoms with Crippen LogP contribution in [-0.4, -0.2) is 24.9 Å². The zero-order valence-corrected chi connectivity index (χ0v) is 15.3. The van der Waals surface area contributed by atoms with E-state index in [2.05, 4.69) is 39.4 Å². The van der Waals surface area contributed by atoms with E-state index in [0.717, 1.165) is 22.1 Å². The van der Waals surface area contributed by atoms with E-state index in [0.29, 0.717) is 17.5 Å². The molecule has 0 saturated heterocycles. The fraction of sp³-hybridized carbons (Fsp3) is 0.176. The van der Waals surface area contributed by atoms with Gasteiger partial charge >= 0.3 is 0 Å². The van der Waals surface area contributed by atoms with E-state index in [1.165, 1.54) is 17.3 Å². The molecule has 0 atom stereocenters. The van der Waals surface area contributed by atoms with Crippen LogP contribution in [0.2, 0.25) is 0 Å². The summed E-state index contributed by atoms with van der Waals surface area (Å²) in [4.78, 5) is 4.43. The molecule has 3 aromatic heterocycles. The lowest BCUT2D eigenvalue weighted by atomic mass is 10.1. The smallest absolute Gasteiger partial charge is 0.237 e. The van der Waals surface area contributed by atoms with Crippen LogP contribution in [-0.2, 0) is 12.8 Å². The number of rotatable bonds is 5. The number of benzene rings is 1. The van der Waals surface area contributed by atoms with Gasteiger partial charge < -0.3 is 9.09 Å². The number of aryl methyl sites for hydroxylation is 1.